The molecule has 1 aromatic rings. The lowest BCUT2D eigenvalue weighted by molar-refractivity contribution is 0.0719. The smallest absolute Gasteiger partial charge is 0.262 e. The van der Waals surface area contributed by atoms with Crippen molar-refractivity contribution in [2.45, 2.75) is 17.4 Å². The van der Waals surface area contributed by atoms with Gasteiger partial charge in [0, 0.05) is 30.9 Å². The summed E-state index contributed by atoms with van der Waals surface area (Å²) in [5, 5.41) is -0.366. The van der Waals surface area contributed by atoms with Crippen LogP contribution >= 0.6 is 22.3 Å². The highest BCUT2D eigenvalue weighted by atomic mass is 35.7. The van der Waals surface area contributed by atoms with E-state index in [1.165, 1.54) is 12.0 Å². The van der Waals surface area contributed by atoms with E-state index in [-0.39, 0.29) is 16.7 Å². The first kappa shape index (κ1) is 16.5. The molecular formula is C12H12Cl2FNO4S. The van der Waals surface area contributed by atoms with Crippen molar-refractivity contribution >= 4 is 37.2 Å². The van der Waals surface area contributed by atoms with Crippen LogP contribution in [0.3, 0.4) is 0 Å². The number of amides is 1. The maximum absolute atomic E-state index is 13.9. The fraction of sp³-hybridized carbons (Fsp3) is 0.417. The van der Waals surface area contributed by atoms with Crippen LogP contribution in [0.15, 0.2) is 17.0 Å². The third-order valence-electron chi connectivity index (χ3n) is 3.28. The van der Waals surface area contributed by atoms with E-state index >= 15 is 0 Å². The SMILES string of the molecule is COC1CCN(C(=O)c2cc(S(=O)(=O)Cl)c(Cl)cc2F)C1. The quantitative estimate of drug-likeness (QED) is 0.780. The van der Waals surface area contributed by atoms with Crippen molar-refractivity contribution in [1.29, 1.82) is 0 Å². The van der Waals surface area contributed by atoms with Crippen LogP contribution in [0.5, 0.6) is 0 Å². The first-order valence-corrected chi connectivity index (χ1v) is 8.68. The molecular weight excluding hydrogens is 344 g/mol. The predicted octanol–water partition coefficient (Wildman–Crippen LogP) is 2.27. The molecule has 0 saturated carbocycles. The minimum Gasteiger partial charge on any atom is -0.380 e. The zero-order valence-electron chi connectivity index (χ0n) is 11.0. The molecule has 9 heteroatoms. The topological polar surface area (TPSA) is 63.7 Å². The minimum atomic E-state index is -4.17. The molecule has 1 aliphatic heterocycles. The monoisotopic (exact) mass is 355 g/mol. The second kappa shape index (κ2) is 6.08. The lowest BCUT2D eigenvalue weighted by Gasteiger charge is -2.17. The maximum atomic E-state index is 13.9. The van der Waals surface area contributed by atoms with E-state index in [9.17, 15) is 17.6 Å². The molecule has 5 nitrogen and oxygen atoms in total. The molecule has 0 radical (unpaired) electrons. The van der Waals surface area contributed by atoms with Crippen molar-refractivity contribution in [3.63, 3.8) is 0 Å². The summed E-state index contributed by atoms with van der Waals surface area (Å²) in [7, 11) is 2.58. The fourth-order valence-corrected chi connectivity index (χ4v) is 3.66. The van der Waals surface area contributed by atoms with Crippen LogP contribution < -0.4 is 0 Å². The first-order valence-electron chi connectivity index (χ1n) is 6.00. The zero-order chi connectivity index (χ0) is 15.8. The summed E-state index contributed by atoms with van der Waals surface area (Å²) in [6.07, 6.45) is 0.526. The standard InChI is InChI=1S/C12H12Cl2FNO4S/c1-20-7-2-3-16(6-7)12(17)8-4-11(21(14,18)19)9(13)5-10(8)15/h4-5,7H,2-3,6H2,1H3. The van der Waals surface area contributed by atoms with E-state index in [0.717, 1.165) is 12.1 Å². The summed E-state index contributed by atoms with van der Waals surface area (Å²) < 4.78 is 41.8. The molecule has 0 bridgehead atoms. The van der Waals surface area contributed by atoms with Crippen molar-refractivity contribution in [3.8, 4) is 0 Å². The van der Waals surface area contributed by atoms with Crippen LogP contribution in [0.1, 0.15) is 16.8 Å². The Morgan fingerprint density at radius 1 is 1.48 bits per heavy atom. The average Bonchev–Trinajstić information content (AvgIpc) is 2.85. The van der Waals surface area contributed by atoms with E-state index in [4.69, 9.17) is 27.0 Å². The Hall–Kier alpha value is -0.890. The van der Waals surface area contributed by atoms with Gasteiger partial charge in [-0.1, -0.05) is 11.6 Å². The molecule has 0 spiro atoms. The molecule has 1 heterocycles. The van der Waals surface area contributed by atoms with E-state index in [2.05, 4.69) is 0 Å². The van der Waals surface area contributed by atoms with Crippen LogP contribution in [0, 0.1) is 5.82 Å². The van der Waals surface area contributed by atoms with Crippen LogP contribution in [0.25, 0.3) is 0 Å². The van der Waals surface area contributed by atoms with Crippen molar-refractivity contribution in [3.05, 3.63) is 28.5 Å². The lowest BCUT2D eigenvalue weighted by Crippen LogP contribution is -2.30. The largest absolute Gasteiger partial charge is 0.380 e. The third-order valence-corrected chi connectivity index (χ3v) is 5.07. The van der Waals surface area contributed by atoms with Crippen LogP contribution in [0.4, 0.5) is 4.39 Å². The predicted molar refractivity (Wildman–Crippen MR) is 75.8 cm³/mol. The van der Waals surface area contributed by atoms with Gasteiger partial charge in [0.05, 0.1) is 16.7 Å². The minimum absolute atomic E-state index is 0.111. The number of halogens is 3. The number of methoxy groups -OCH3 is 1. The molecule has 0 aromatic heterocycles. The fourth-order valence-electron chi connectivity index (χ4n) is 2.16. The molecule has 1 aromatic carbocycles. The molecule has 0 aliphatic carbocycles. The van der Waals surface area contributed by atoms with E-state index < -0.39 is 25.7 Å². The Bertz CT molecular complexity index is 680. The van der Waals surface area contributed by atoms with Gasteiger partial charge in [0.15, 0.2) is 0 Å². The second-order valence-electron chi connectivity index (χ2n) is 4.60. The Morgan fingerprint density at radius 2 is 2.14 bits per heavy atom. The number of carbonyl (C=O) groups is 1. The average molecular weight is 356 g/mol. The number of likely N-dealkylation sites (tertiary alicyclic amines) is 1. The summed E-state index contributed by atoms with van der Waals surface area (Å²) in [5.74, 6) is -1.51. The second-order valence-corrected chi connectivity index (χ2v) is 7.54. The third kappa shape index (κ3) is 3.48. The van der Waals surface area contributed by atoms with Gasteiger partial charge in [-0.3, -0.25) is 4.79 Å². The van der Waals surface area contributed by atoms with Crippen LogP contribution in [-0.2, 0) is 13.8 Å². The Kier molecular flexibility index (Phi) is 4.77. The number of ether oxygens (including phenoxy) is 1. The van der Waals surface area contributed by atoms with Crippen molar-refractivity contribution in [2.24, 2.45) is 0 Å². The van der Waals surface area contributed by atoms with Gasteiger partial charge in [0.2, 0.25) is 0 Å². The highest BCUT2D eigenvalue weighted by Gasteiger charge is 2.30. The molecule has 1 atom stereocenters. The van der Waals surface area contributed by atoms with Gasteiger partial charge < -0.3 is 9.64 Å². The summed E-state index contributed by atoms with van der Waals surface area (Å²) in [6.45, 7) is 0.725. The summed E-state index contributed by atoms with van der Waals surface area (Å²) in [5.41, 5.74) is -0.379. The van der Waals surface area contributed by atoms with Gasteiger partial charge in [-0.25, -0.2) is 12.8 Å². The molecule has 21 heavy (non-hydrogen) atoms. The molecule has 1 saturated heterocycles. The normalized spacial score (nSPS) is 19.0. The zero-order valence-corrected chi connectivity index (χ0v) is 13.3. The Morgan fingerprint density at radius 3 is 2.67 bits per heavy atom. The Balaban J connectivity index is 2.38. The van der Waals surface area contributed by atoms with Gasteiger partial charge in [-0.15, -0.1) is 0 Å². The highest BCUT2D eigenvalue weighted by molar-refractivity contribution is 8.13. The first-order chi connectivity index (χ1) is 9.74. The Labute approximate surface area is 131 Å². The van der Waals surface area contributed by atoms with Crippen molar-refractivity contribution in [2.75, 3.05) is 20.2 Å². The highest BCUT2D eigenvalue weighted by Crippen LogP contribution is 2.29. The number of nitrogens with zero attached hydrogens (tertiary/aromatic N) is 1. The molecule has 1 unspecified atom stereocenters. The number of hydrogen-bond donors (Lipinski definition) is 0. The van der Waals surface area contributed by atoms with Gasteiger partial charge in [0.25, 0.3) is 15.0 Å². The molecule has 1 aliphatic rings. The van der Waals surface area contributed by atoms with Gasteiger partial charge in [0.1, 0.15) is 10.7 Å². The van der Waals surface area contributed by atoms with E-state index in [0.29, 0.717) is 19.5 Å². The van der Waals surface area contributed by atoms with Gasteiger partial charge in [-0.05, 0) is 18.6 Å². The van der Waals surface area contributed by atoms with Crippen LogP contribution in [0.2, 0.25) is 5.02 Å². The molecule has 1 fully saturated rings. The number of hydrogen-bond acceptors (Lipinski definition) is 4. The summed E-state index contributed by atoms with van der Waals surface area (Å²) >= 11 is 5.65. The van der Waals surface area contributed by atoms with Gasteiger partial charge in [-0.2, -0.15) is 0 Å². The molecule has 116 valence electrons. The van der Waals surface area contributed by atoms with Gasteiger partial charge >= 0.3 is 0 Å². The summed E-state index contributed by atoms with van der Waals surface area (Å²) in [6, 6.07) is 1.64. The van der Waals surface area contributed by atoms with E-state index in [1.54, 1.807) is 0 Å². The van der Waals surface area contributed by atoms with E-state index in [1.807, 2.05) is 0 Å². The summed E-state index contributed by atoms with van der Waals surface area (Å²) in [4.78, 5) is 13.2. The number of rotatable bonds is 3. The lowest BCUT2D eigenvalue weighted by atomic mass is 10.2. The van der Waals surface area contributed by atoms with Crippen molar-refractivity contribution in [1.82, 2.24) is 4.90 Å². The van der Waals surface area contributed by atoms with Crippen molar-refractivity contribution < 1.29 is 22.3 Å². The molecule has 2 rings (SSSR count). The maximum Gasteiger partial charge on any atom is 0.262 e. The molecule has 0 N–H and O–H groups in total. The van der Waals surface area contributed by atoms with Crippen LogP contribution in [-0.4, -0.2) is 45.5 Å². The number of benzene rings is 1. The number of carbonyl (C=O) groups excluding carboxylic acids is 1. The molecule has 1 amide bonds.